The second kappa shape index (κ2) is 9.92. The highest BCUT2D eigenvalue weighted by Crippen LogP contribution is 2.31. The average molecular weight is 415 g/mol. The van der Waals surface area contributed by atoms with Gasteiger partial charge in [0.15, 0.2) is 5.78 Å². The Morgan fingerprint density at radius 1 is 1.17 bits per heavy atom. The molecule has 2 aromatic rings. The third-order valence-electron chi connectivity index (χ3n) is 5.18. The van der Waals surface area contributed by atoms with Gasteiger partial charge in [0.2, 0.25) is 0 Å². The van der Waals surface area contributed by atoms with Gasteiger partial charge in [-0.3, -0.25) is 9.69 Å². The number of nitrogens with zero attached hydrogens (tertiary/aromatic N) is 1. The normalized spacial score (nSPS) is 17.3. The second-order valence-corrected chi connectivity index (χ2v) is 7.49. The number of rotatable bonds is 5. The number of hydrogen-bond donors (Lipinski definition) is 1. The highest BCUT2D eigenvalue weighted by Gasteiger charge is 2.32. The molecule has 0 saturated carbocycles. The fraction of sp³-hybridized carbons (Fsp3) is 0.375. The number of aliphatic hydroxyl groups excluding tert-OH is 1. The van der Waals surface area contributed by atoms with Crippen LogP contribution in [0, 0.1) is 17.8 Å². The van der Waals surface area contributed by atoms with Crippen molar-refractivity contribution in [1.29, 1.82) is 0 Å². The SMILES string of the molecule is O=C(c1cccc(C(F)(F)F)c1)[C@@H]1CCCN(Cc2ccc(C#CCCO)cc2)C1. The van der Waals surface area contributed by atoms with E-state index in [-0.39, 0.29) is 23.9 Å². The van der Waals surface area contributed by atoms with Crippen LogP contribution in [-0.4, -0.2) is 35.5 Å². The Bertz CT molecular complexity index is 926. The molecule has 6 heteroatoms. The van der Waals surface area contributed by atoms with E-state index in [1.165, 1.54) is 12.1 Å². The van der Waals surface area contributed by atoms with E-state index in [9.17, 15) is 18.0 Å². The minimum atomic E-state index is -4.45. The van der Waals surface area contributed by atoms with E-state index in [2.05, 4.69) is 16.7 Å². The zero-order valence-electron chi connectivity index (χ0n) is 16.6. The number of halogens is 3. The van der Waals surface area contributed by atoms with E-state index >= 15 is 0 Å². The van der Waals surface area contributed by atoms with E-state index < -0.39 is 11.7 Å². The van der Waals surface area contributed by atoms with Crippen molar-refractivity contribution >= 4 is 5.78 Å². The summed E-state index contributed by atoms with van der Waals surface area (Å²) in [5, 5.41) is 8.77. The number of aliphatic hydroxyl groups is 1. The number of carbonyl (C=O) groups excluding carboxylic acids is 1. The molecule has 3 nitrogen and oxygen atoms in total. The molecule has 3 rings (SSSR count). The van der Waals surface area contributed by atoms with Crippen LogP contribution in [0.15, 0.2) is 48.5 Å². The van der Waals surface area contributed by atoms with Gasteiger partial charge in [-0.25, -0.2) is 0 Å². The fourth-order valence-corrected chi connectivity index (χ4v) is 3.67. The van der Waals surface area contributed by atoms with Crippen molar-refractivity contribution in [3.63, 3.8) is 0 Å². The minimum absolute atomic E-state index is 0.0421. The lowest BCUT2D eigenvalue weighted by Gasteiger charge is -2.32. The zero-order chi connectivity index (χ0) is 21.6. The summed E-state index contributed by atoms with van der Waals surface area (Å²) in [4.78, 5) is 15.0. The molecule has 0 unspecified atom stereocenters. The Kier molecular flexibility index (Phi) is 7.30. The van der Waals surface area contributed by atoms with Gasteiger partial charge in [0.25, 0.3) is 0 Å². The van der Waals surface area contributed by atoms with Gasteiger partial charge in [0.05, 0.1) is 12.2 Å². The summed E-state index contributed by atoms with van der Waals surface area (Å²) in [5.74, 6) is 5.34. The monoisotopic (exact) mass is 415 g/mol. The van der Waals surface area contributed by atoms with E-state index in [0.717, 1.165) is 36.2 Å². The van der Waals surface area contributed by atoms with E-state index in [1.54, 1.807) is 0 Å². The number of carbonyl (C=O) groups is 1. The lowest BCUT2D eigenvalue weighted by molar-refractivity contribution is -0.137. The van der Waals surface area contributed by atoms with Crippen molar-refractivity contribution in [1.82, 2.24) is 4.90 Å². The molecule has 158 valence electrons. The summed E-state index contributed by atoms with van der Waals surface area (Å²) in [5.41, 5.74) is 1.31. The molecule has 1 aliphatic heterocycles. The zero-order valence-corrected chi connectivity index (χ0v) is 16.6. The van der Waals surface area contributed by atoms with Crippen molar-refractivity contribution < 1.29 is 23.1 Å². The molecule has 0 radical (unpaired) electrons. The molecule has 0 amide bonds. The Balaban J connectivity index is 1.63. The van der Waals surface area contributed by atoms with Crippen molar-refractivity contribution in [2.24, 2.45) is 5.92 Å². The van der Waals surface area contributed by atoms with Crippen molar-refractivity contribution in [3.8, 4) is 11.8 Å². The summed E-state index contributed by atoms with van der Waals surface area (Å²) in [7, 11) is 0. The van der Waals surface area contributed by atoms with Crippen molar-refractivity contribution in [2.45, 2.75) is 32.0 Å². The van der Waals surface area contributed by atoms with Gasteiger partial charge in [0, 0.05) is 36.6 Å². The molecule has 0 aliphatic carbocycles. The maximum absolute atomic E-state index is 13.0. The highest BCUT2D eigenvalue weighted by molar-refractivity contribution is 5.98. The van der Waals surface area contributed by atoms with E-state index in [4.69, 9.17) is 5.11 Å². The quantitative estimate of drug-likeness (QED) is 0.576. The van der Waals surface area contributed by atoms with Gasteiger partial charge in [-0.2, -0.15) is 13.2 Å². The average Bonchev–Trinajstić information content (AvgIpc) is 2.74. The summed E-state index contributed by atoms with van der Waals surface area (Å²) in [6.45, 7) is 2.11. The van der Waals surface area contributed by atoms with E-state index in [0.29, 0.717) is 25.9 Å². The first-order chi connectivity index (χ1) is 14.4. The highest BCUT2D eigenvalue weighted by atomic mass is 19.4. The largest absolute Gasteiger partial charge is 0.416 e. The van der Waals surface area contributed by atoms with Gasteiger partial charge in [-0.15, -0.1) is 0 Å². The van der Waals surface area contributed by atoms with Crippen LogP contribution < -0.4 is 0 Å². The summed E-state index contributed by atoms with van der Waals surface area (Å²) in [6, 6.07) is 12.5. The molecule has 2 aromatic carbocycles. The molecule has 1 saturated heterocycles. The summed E-state index contributed by atoms with van der Waals surface area (Å²) < 4.78 is 38.9. The molecule has 1 N–H and O–H groups in total. The third kappa shape index (κ3) is 5.94. The second-order valence-electron chi connectivity index (χ2n) is 7.49. The van der Waals surface area contributed by atoms with Crippen LogP contribution in [0.5, 0.6) is 0 Å². The van der Waals surface area contributed by atoms with Gasteiger partial charge in [-0.05, 0) is 49.2 Å². The van der Waals surface area contributed by atoms with Gasteiger partial charge >= 0.3 is 6.18 Å². The Morgan fingerprint density at radius 3 is 2.63 bits per heavy atom. The minimum Gasteiger partial charge on any atom is -0.395 e. The van der Waals surface area contributed by atoms with Crippen LogP contribution in [0.2, 0.25) is 0 Å². The van der Waals surface area contributed by atoms with Crippen LogP contribution in [-0.2, 0) is 12.7 Å². The number of benzene rings is 2. The molecular weight excluding hydrogens is 391 g/mol. The maximum atomic E-state index is 13.0. The molecule has 0 spiro atoms. The topological polar surface area (TPSA) is 40.5 Å². The van der Waals surface area contributed by atoms with Crippen molar-refractivity contribution in [2.75, 3.05) is 19.7 Å². The fourth-order valence-electron chi connectivity index (χ4n) is 3.67. The number of likely N-dealkylation sites (tertiary alicyclic amines) is 1. The number of hydrogen-bond acceptors (Lipinski definition) is 3. The smallest absolute Gasteiger partial charge is 0.395 e. The standard InChI is InChI=1S/C24H24F3NO2/c25-24(26,27)22-8-3-6-20(15-22)23(30)21-7-4-13-28(17-21)16-19-11-9-18(10-12-19)5-1-2-14-29/h3,6,8-12,15,21,29H,2,4,7,13-14,16-17H2/t21-/m1/s1. The first kappa shape index (κ1) is 22.1. The van der Waals surface area contributed by atoms with Crippen LogP contribution >= 0.6 is 0 Å². The number of ketones is 1. The van der Waals surface area contributed by atoms with Crippen LogP contribution in [0.3, 0.4) is 0 Å². The predicted molar refractivity (Wildman–Crippen MR) is 109 cm³/mol. The van der Waals surface area contributed by atoms with Crippen LogP contribution in [0.1, 0.15) is 46.3 Å². The molecule has 0 aromatic heterocycles. The molecular formula is C24H24F3NO2. The van der Waals surface area contributed by atoms with Crippen LogP contribution in [0.4, 0.5) is 13.2 Å². The van der Waals surface area contributed by atoms with Crippen LogP contribution in [0.25, 0.3) is 0 Å². The molecule has 1 aliphatic rings. The summed E-state index contributed by atoms with van der Waals surface area (Å²) >= 11 is 0. The number of Topliss-reactive ketones (excluding diaryl/α,β-unsaturated/α-hetero) is 1. The Hall–Kier alpha value is -2.62. The van der Waals surface area contributed by atoms with E-state index in [1.807, 2.05) is 24.3 Å². The first-order valence-electron chi connectivity index (χ1n) is 9.99. The summed E-state index contributed by atoms with van der Waals surface area (Å²) in [6.07, 6.45) is -2.49. The molecule has 1 heterocycles. The molecule has 30 heavy (non-hydrogen) atoms. The Morgan fingerprint density at radius 2 is 1.93 bits per heavy atom. The van der Waals surface area contributed by atoms with Gasteiger partial charge < -0.3 is 5.11 Å². The predicted octanol–water partition coefficient (Wildman–Crippen LogP) is 4.53. The first-order valence-corrected chi connectivity index (χ1v) is 9.99. The third-order valence-corrected chi connectivity index (χ3v) is 5.18. The van der Waals surface area contributed by atoms with Crippen molar-refractivity contribution in [3.05, 3.63) is 70.8 Å². The van der Waals surface area contributed by atoms with Gasteiger partial charge in [-0.1, -0.05) is 36.1 Å². The lowest BCUT2D eigenvalue weighted by atomic mass is 9.89. The number of alkyl halides is 3. The molecule has 0 bridgehead atoms. The Labute approximate surface area is 174 Å². The maximum Gasteiger partial charge on any atom is 0.416 e. The molecule has 1 fully saturated rings. The van der Waals surface area contributed by atoms with Gasteiger partial charge in [0.1, 0.15) is 0 Å². The number of piperidine rings is 1. The lowest BCUT2D eigenvalue weighted by Crippen LogP contribution is -2.38. The molecule has 1 atom stereocenters.